The van der Waals surface area contributed by atoms with Crippen molar-refractivity contribution in [3.63, 3.8) is 0 Å². The first-order valence-electron chi connectivity index (χ1n) is 7.72. The lowest BCUT2D eigenvalue weighted by Crippen LogP contribution is -2.21. The van der Waals surface area contributed by atoms with Crippen LogP contribution in [0.1, 0.15) is 27.0 Å². The maximum atomic E-state index is 12.5. The third-order valence-corrected chi connectivity index (χ3v) is 4.31. The van der Waals surface area contributed by atoms with Gasteiger partial charge in [-0.15, -0.1) is 0 Å². The highest BCUT2D eigenvalue weighted by molar-refractivity contribution is 6.01. The number of hydrogen-bond donors (Lipinski definition) is 1. The molecule has 1 aromatic carbocycles. The standard InChI is InChI=1S/C19H19N3O2/c1-11-16(14-7-5-6-8-21-14)12(2)18(19(23)20-4)13(3)17(11)15-9-24-10-22-15/h5-10H,1-4H3,(H,20,23). The number of nitrogens with zero attached hydrogens (tertiary/aromatic N) is 2. The number of benzene rings is 1. The molecule has 1 N–H and O–H groups in total. The van der Waals surface area contributed by atoms with Crippen LogP contribution < -0.4 is 5.32 Å². The molecule has 0 atom stereocenters. The average Bonchev–Trinajstić information content (AvgIpc) is 3.09. The van der Waals surface area contributed by atoms with Crippen molar-refractivity contribution in [2.75, 3.05) is 7.05 Å². The molecule has 0 saturated heterocycles. The number of oxazole rings is 1. The predicted molar refractivity (Wildman–Crippen MR) is 92.8 cm³/mol. The Morgan fingerprint density at radius 1 is 1.00 bits per heavy atom. The van der Waals surface area contributed by atoms with Crippen LogP contribution in [0.4, 0.5) is 0 Å². The first kappa shape index (κ1) is 15.9. The summed E-state index contributed by atoms with van der Waals surface area (Å²) < 4.78 is 5.15. The molecule has 3 rings (SSSR count). The molecule has 0 radical (unpaired) electrons. The summed E-state index contributed by atoms with van der Waals surface area (Å²) in [5, 5.41) is 2.73. The van der Waals surface area contributed by atoms with Crippen molar-refractivity contribution in [3.8, 4) is 22.5 Å². The van der Waals surface area contributed by atoms with E-state index in [-0.39, 0.29) is 5.91 Å². The molecule has 122 valence electrons. The van der Waals surface area contributed by atoms with E-state index >= 15 is 0 Å². The molecule has 0 unspecified atom stereocenters. The van der Waals surface area contributed by atoms with Gasteiger partial charge in [-0.3, -0.25) is 9.78 Å². The quantitative estimate of drug-likeness (QED) is 0.799. The fraction of sp³-hybridized carbons (Fsp3) is 0.211. The van der Waals surface area contributed by atoms with Crippen LogP contribution in [0.2, 0.25) is 0 Å². The van der Waals surface area contributed by atoms with E-state index in [1.807, 2.05) is 39.0 Å². The highest BCUT2D eigenvalue weighted by atomic mass is 16.3. The van der Waals surface area contributed by atoms with Crippen molar-refractivity contribution in [2.24, 2.45) is 0 Å². The molecule has 0 spiro atoms. The second kappa shape index (κ2) is 6.28. The van der Waals surface area contributed by atoms with E-state index in [2.05, 4.69) is 15.3 Å². The number of hydrogen-bond acceptors (Lipinski definition) is 4. The van der Waals surface area contributed by atoms with Gasteiger partial charge < -0.3 is 9.73 Å². The van der Waals surface area contributed by atoms with E-state index in [0.29, 0.717) is 11.3 Å². The van der Waals surface area contributed by atoms with E-state index in [9.17, 15) is 4.79 Å². The summed E-state index contributed by atoms with van der Waals surface area (Å²) in [6.07, 6.45) is 4.75. The van der Waals surface area contributed by atoms with Gasteiger partial charge >= 0.3 is 0 Å². The molecule has 5 nitrogen and oxygen atoms in total. The van der Waals surface area contributed by atoms with Gasteiger partial charge in [-0.05, 0) is 49.6 Å². The normalized spacial score (nSPS) is 10.7. The van der Waals surface area contributed by atoms with Crippen LogP contribution in [-0.2, 0) is 0 Å². The van der Waals surface area contributed by atoms with E-state index in [4.69, 9.17) is 4.42 Å². The molecular formula is C19H19N3O2. The summed E-state index contributed by atoms with van der Waals surface area (Å²) in [7, 11) is 1.64. The number of amides is 1. The largest absolute Gasteiger partial charge is 0.451 e. The molecule has 0 fully saturated rings. The van der Waals surface area contributed by atoms with Crippen molar-refractivity contribution in [3.05, 3.63) is 59.3 Å². The smallest absolute Gasteiger partial charge is 0.251 e. The minimum Gasteiger partial charge on any atom is -0.451 e. The van der Waals surface area contributed by atoms with Gasteiger partial charge in [0.1, 0.15) is 12.0 Å². The molecule has 2 heterocycles. The van der Waals surface area contributed by atoms with Gasteiger partial charge in [0.05, 0.1) is 5.69 Å². The van der Waals surface area contributed by atoms with Gasteiger partial charge in [0.15, 0.2) is 6.39 Å². The molecule has 1 amide bonds. The zero-order valence-corrected chi connectivity index (χ0v) is 14.2. The lowest BCUT2D eigenvalue weighted by atomic mass is 9.85. The number of carbonyl (C=O) groups excluding carboxylic acids is 1. The summed E-state index contributed by atoms with van der Waals surface area (Å²) in [6.45, 7) is 5.93. The van der Waals surface area contributed by atoms with Crippen molar-refractivity contribution in [1.29, 1.82) is 0 Å². The number of aromatic nitrogens is 2. The van der Waals surface area contributed by atoms with E-state index < -0.39 is 0 Å². The highest BCUT2D eigenvalue weighted by Gasteiger charge is 2.24. The van der Waals surface area contributed by atoms with Crippen LogP contribution in [0.25, 0.3) is 22.5 Å². The first-order valence-corrected chi connectivity index (χ1v) is 7.72. The number of carbonyl (C=O) groups is 1. The van der Waals surface area contributed by atoms with Gasteiger partial charge in [-0.2, -0.15) is 0 Å². The molecule has 0 bridgehead atoms. The minimum atomic E-state index is -0.119. The molecule has 2 aromatic heterocycles. The molecule has 24 heavy (non-hydrogen) atoms. The Balaban J connectivity index is 2.42. The molecule has 5 heteroatoms. The monoisotopic (exact) mass is 321 g/mol. The molecule has 3 aromatic rings. The number of rotatable bonds is 3. The Morgan fingerprint density at radius 3 is 2.25 bits per heavy atom. The van der Waals surface area contributed by atoms with E-state index in [0.717, 1.165) is 33.5 Å². The van der Waals surface area contributed by atoms with Crippen molar-refractivity contribution in [2.45, 2.75) is 20.8 Å². The van der Waals surface area contributed by atoms with Gasteiger partial charge in [-0.25, -0.2) is 4.98 Å². The summed E-state index contributed by atoms with van der Waals surface area (Å²) in [6, 6.07) is 5.77. The predicted octanol–water partition coefficient (Wildman–Crippen LogP) is 3.69. The Bertz CT molecular complexity index is 885. The minimum absolute atomic E-state index is 0.119. The van der Waals surface area contributed by atoms with Crippen molar-refractivity contribution >= 4 is 5.91 Å². The Kier molecular flexibility index (Phi) is 4.16. The highest BCUT2D eigenvalue weighted by Crippen LogP contribution is 2.38. The average molecular weight is 321 g/mol. The first-order chi connectivity index (χ1) is 11.6. The van der Waals surface area contributed by atoms with E-state index in [1.165, 1.54) is 6.39 Å². The second-order valence-electron chi connectivity index (χ2n) is 5.67. The van der Waals surface area contributed by atoms with Gasteiger partial charge in [0.25, 0.3) is 5.91 Å². The molecule has 0 aliphatic rings. The van der Waals surface area contributed by atoms with Crippen LogP contribution in [0.15, 0.2) is 41.5 Å². The molecular weight excluding hydrogens is 302 g/mol. The third-order valence-electron chi connectivity index (χ3n) is 4.31. The maximum absolute atomic E-state index is 12.5. The fourth-order valence-electron chi connectivity index (χ4n) is 3.30. The second-order valence-corrected chi connectivity index (χ2v) is 5.67. The van der Waals surface area contributed by atoms with Crippen LogP contribution in [0.3, 0.4) is 0 Å². The summed E-state index contributed by atoms with van der Waals surface area (Å²) in [5.74, 6) is -0.119. The van der Waals surface area contributed by atoms with Crippen LogP contribution in [-0.4, -0.2) is 22.9 Å². The third kappa shape index (κ3) is 2.48. The molecule has 0 saturated carbocycles. The van der Waals surface area contributed by atoms with E-state index in [1.54, 1.807) is 19.5 Å². The van der Waals surface area contributed by atoms with Crippen LogP contribution in [0.5, 0.6) is 0 Å². The van der Waals surface area contributed by atoms with Crippen molar-refractivity contribution < 1.29 is 9.21 Å². The maximum Gasteiger partial charge on any atom is 0.251 e. The topological polar surface area (TPSA) is 68.0 Å². The fourth-order valence-corrected chi connectivity index (χ4v) is 3.30. The van der Waals surface area contributed by atoms with Gasteiger partial charge in [0.2, 0.25) is 0 Å². The Morgan fingerprint density at radius 2 is 1.71 bits per heavy atom. The van der Waals surface area contributed by atoms with Crippen LogP contribution in [0, 0.1) is 20.8 Å². The number of pyridine rings is 1. The molecule has 0 aliphatic carbocycles. The van der Waals surface area contributed by atoms with Gasteiger partial charge in [-0.1, -0.05) is 6.07 Å². The lowest BCUT2D eigenvalue weighted by Gasteiger charge is -2.20. The SMILES string of the molecule is CNC(=O)c1c(C)c(-c2ccccn2)c(C)c(-c2cocn2)c1C. The summed E-state index contributed by atoms with van der Waals surface area (Å²) >= 11 is 0. The summed E-state index contributed by atoms with van der Waals surface area (Å²) in [5.41, 5.74) is 6.90. The van der Waals surface area contributed by atoms with Gasteiger partial charge in [0, 0.05) is 29.9 Å². The Hall–Kier alpha value is -2.95. The number of nitrogens with one attached hydrogen (secondary N) is 1. The summed E-state index contributed by atoms with van der Waals surface area (Å²) in [4.78, 5) is 21.2. The zero-order valence-electron chi connectivity index (χ0n) is 14.2. The van der Waals surface area contributed by atoms with Crippen LogP contribution >= 0.6 is 0 Å². The molecule has 0 aliphatic heterocycles. The Labute approximate surface area is 140 Å². The van der Waals surface area contributed by atoms with Crippen molar-refractivity contribution in [1.82, 2.24) is 15.3 Å². The lowest BCUT2D eigenvalue weighted by molar-refractivity contribution is 0.0962. The zero-order chi connectivity index (χ0) is 17.3.